The monoisotopic (exact) mass is 542 g/mol. The van der Waals surface area contributed by atoms with Crippen molar-refractivity contribution in [1.29, 1.82) is 0 Å². The number of anilines is 2. The number of ether oxygens (including phenoxy) is 1. The second-order valence-corrected chi connectivity index (χ2v) is 10.3. The summed E-state index contributed by atoms with van der Waals surface area (Å²) in [5.74, 6) is 0.288. The van der Waals surface area contributed by atoms with Crippen molar-refractivity contribution in [3.05, 3.63) is 52.4 Å². The fraction of sp³-hybridized carbons (Fsp3) is 0.444. The molecule has 3 aromatic rings. The van der Waals surface area contributed by atoms with E-state index in [0.717, 1.165) is 47.5 Å². The lowest BCUT2D eigenvalue weighted by Gasteiger charge is -2.33. The largest absolute Gasteiger partial charge is 0.465 e. The topological polar surface area (TPSA) is 94.1 Å². The Bertz CT molecular complexity index is 1340. The van der Waals surface area contributed by atoms with Crippen molar-refractivity contribution in [2.45, 2.75) is 31.8 Å². The summed E-state index contributed by atoms with van der Waals surface area (Å²) >= 11 is 6.42. The zero-order valence-corrected chi connectivity index (χ0v) is 22.3. The van der Waals surface area contributed by atoms with Gasteiger partial charge in [0.05, 0.1) is 17.3 Å². The highest BCUT2D eigenvalue weighted by atomic mass is 35.5. The van der Waals surface area contributed by atoms with Crippen LogP contribution in [0.15, 0.2) is 30.3 Å². The Morgan fingerprint density at radius 1 is 1.29 bits per heavy atom. The third kappa shape index (κ3) is 5.42. The number of halogens is 2. The van der Waals surface area contributed by atoms with Crippen molar-refractivity contribution < 1.29 is 19.0 Å². The summed E-state index contributed by atoms with van der Waals surface area (Å²) in [5.41, 5.74) is 2.69. The van der Waals surface area contributed by atoms with Gasteiger partial charge < -0.3 is 29.9 Å². The third-order valence-electron chi connectivity index (χ3n) is 7.44. The van der Waals surface area contributed by atoms with Crippen LogP contribution in [0.3, 0.4) is 0 Å². The maximum Gasteiger partial charge on any atom is 0.404 e. The van der Waals surface area contributed by atoms with Crippen LogP contribution < -0.4 is 19.9 Å². The first kappa shape index (κ1) is 26.2. The van der Waals surface area contributed by atoms with E-state index in [1.165, 1.54) is 6.07 Å². The van der Waals surface area contributed by atoms with Crippen molar-refractivity contribution in [3.8, 4) is 6.01 Å². The van der Waals surface area contributed by atoms with Gasteiger partial charge in [0.25, 0.3) is 0 Å². The molecule has 0 aliphatic carbocycles. The molecule has 3 heterocycles. The second-order valence-electron chi connectivity index (χ2n) is 9.90. The van der Waals surface area contributed by atoms with Crippen LogP contribution in [0.2, 0.25) is 5.02 Å². The molecular formula is C27H32ClFN6O3. The maximum absolute atomic E-state index is 14.4. The fourth-order valence-corrected chi connectivity index (χ4v) is 5.59. The number of fused-ring (bicyclic) bond motifs is 2. The predicted molar refractivity (Wildman–Crippen MR) is 146 cm³/mol. The van der Waals surface area contributed by atoms with Gasteiger partial charge in [-0.25, -0.2) is 9.18 Å². The molecule has 5 rings (SSSR count). The number of rotatable bonds is 8. The van der Waals surface area contributed by atoms with Gasteiger partial charge >= 0.3 is 12.1 Å². The molecule has 2 aliphatic rings. The second kappa shape index (κ2) is 11.2. The lowest BCUT2D eigenvalue weighted by atomic mass is 10.0. The minimum absolute atomic E-state index is 0.114. The molecule has 0 saturated carbocycles. The fourth-order valence-electron chi connectivity index (χ4n) is 5.33. The Balaban J connectivity index is 1.46. The summed E-state index contributed by atoms with van der Waals surface area (Å²) in [4.78, 5) is 26.9. The minimum Gasteiger partial charge on any atom is -0.465 e. The highest BCUT2D eigenvalue weighted by molar-refractivity contribution is 6.36. The van der Waals surface area contributed by atoms with E-state index >= 15 is 0 Å². The van der Waals surface area contributed by atoms with Crippen molar-refractivity contribution >= 4 is 40.0 Å². The smallest absolute Gasteiger partial charge is 0.404 e. The Morgan fingerprint density at radius 2 is 2.13 bits per heavy atom. The van der Waals surface area contributed by atoms with E-state index in [1.807, 2.05) is 30.1 Å². The first-order valence-electron chi connectivity index (χ1n) is 12.8. The average molecular weight is 543 g/mol. The number of likely N-dealkylation sites (N-methyl/N-ethyl adjacent to an activating group) is 2. The van der Waals surface area contributed by atoms with E-state index < -0.39 is 11.9 Å². The molecule has 2 aromatic carbocycles. The number of hydrogen-bond acceptors (Lipinski definition) is 7. The van der Waals surface area contributed by atoms with Crippen molar-refractivity contribution in [3.63, 3.8) is 0 Å². The van der Waals surface area contributed by atoms with Crippen LogP contribution in [-0.4, -0.2) is 79.0 Å². The molecule has 1 saturated heterocycles. The molecule has 11 heteroatoms. The molecule has 1 atom stereocenters. The lowest BCUT2D eigenvalue weighted by Crippen LogP contribution is -2.36. The number of benzene rings is 2. The normalized spacial score (nSPS) is 17.5. The van der Waals surface area contributed by atoms with E-state index in [9.17, 15) is 9.18 Å². The molecule has 202 valence electrons. The number of nitrogens with zero attached hydrogens (tertiary/aromatic N) is 5. The minimum atomic E-state index is -1.06. The summed E-state index contributed by atoms with van der Waals surface area (Å²) in [7, 11) is 3.99. The zero-order valence-electron chi connectivity index (χ0n) is 21.6. The highest BCUT2D eigenvalue weighted by Crippen LogP contribution is 2.37. The summed E-state index contributed by atoms with van der Waals surface area (Å²) in [6.07, 6.45) is 1.81. The number of carboxylic acid groups (broad SMARTS) is 1. The van der Waals surface area contributed by atoms with E-state index in [2.05, 4.69) is 22.2 Å². The van der Waals surface area contributed by atoms with Gasteiger partial charge in [-0.3, -0.25) is 0 Å². The Morgan fingerprint density at radius 3 is 2.89 bits per heavy atom. The van der Waals surface area contributed by atoms with Gasteiger partial charge in [0.1, 0.15) is 18.2 Å². The number of likely N-dealkylation sites (tertiary alicyclic amines) is 1. The van der Waals surface area contributed by atoms with Crippen LogP contribution in [0.25, 0.3) is 10.8 Å². The molecule has 9 nitrogen and oxygen atoms in total. The van der Waals surface area contributed by atoms with Crippen LogP contribution in [0, 0.1) is 5.82 Å². The van der Waals surface area contributed by atoms with E-state index in [0.29, 0.717) is 50.1 Å². The van der Waals surface area contributed by atoms with Crippen molar-refractivity contribution in [2.24, 2.45) is 0 Å². The number of carbonyl (C=O) groups is 1. The molecule has 2 N–H and O–H groups in total. The lowest BCUT2D eigenvalue weighted by molar-refractivity contribution is 0.187. The summed E-state index contributed by atoms with van der Waals surface area (Å²) < 4.78 is 20.5. The molecule has 0 spiro atoms. The standard InChI is InChI=1S/C27H32ClFN6O3/c1-33-12-4-6-18(33)16-38-26-31-21-15-35(22-7-3-5-17-8-9-20(29)24(28)23(17)22)13-10-19(21)25(32-26)34(2)14-11-30-27(36)37/h3,5,7-9,18,30H,4,6,10-16H2,1-2H3,(H,36,37). The van der Waals surface area contributed by atoms with Crippen LogP contribution in [0.1, 0.15) is 24.1 Å². The molecule has 1 unspecified atom stereocenters. The van der Waals surface area contributed by atoms with Crippen LogP contribution in [-0.2, 0) is 13.0 Å². The van der Waals surface area contributed by atoms with Gasteiger partial charge in [-0.05, 0) is 50.4 Å². The van der Waals surface area contributed by atoms with Crippen LogP contribution in [0.4, 0.5) is 20.7 Å². The SMILES string of the molecule is CN(CCNC(=O)O)c1nc(OCC2CCCN2C)nc2c1CCN(c1cccc3ccc(F)c(Cl)c13)C2. The van der Waals surface area contributed by atoms with Gasteiger partial charge in [-0.1, -0.05) is 29.8 Å². The number of amides is 1. The molecule has 1 amide bonds. The molecule has 1 fully saturated rings. The molecule has 2 aliphatic heterocycles. The number of aromatic nitrogens is 2. The molecule has 1 aromatic heterocycles. The van der Waals surface area contributed by atoms with Crippen molar-refractivity contribution in [2.75, 3.05) is 56.7 Å². The quantitative estimate of drug-likeness (QED) is 0.438. The van der Waals surface area contributed by atoms with Crippen LogP contribution >= 0.6 is 11.6 Å². The Hall–Kier alpha value is -3.37. The average Bonchev–Trinajstić information content (AvgIpc) is 3.32. The molecule has 38 heavy (non-hydrogen) atoms. The van der Waals surface area contributed by atoms with Crippen LogP contribution in [0.5, 0.6) is 6.01 Å². The van der Waals surface area contributed by atoms with Gasteiger partial charge in [-0.15, -0.1) is 0 Å². The maximum atomic E-state index is 14.4. The summed E-state index contributed by atoms with van der Waals surface area (Å²) in [5, 5.41) is 13.0. The Kier molecular flexibility index (Phi) is 7.71. The van der Waals surface area contributed by atoms with E-state index in [1.54, 1.807) is 6.07 Å². The number of hydrogen-bond donors (Lipinski definition) is 2. The van der Waals surface area contributed by atoms with Gasteiger partial charge in [0.2, 0.25) is 0 Å². The summed E-state index contributed by atoms with van der Waals surface area (Å²) in [6, 6.07) is 9.58. The molecule has 0 radical (unpaired) electrons. The van der Waals surface area contributed by atoms with E-state index in [-0.39, 0.29) is 11.6 Å². The van der Waals surface area contributed by atoms with Crippen molar-refractivity contribution in [1.82, 2.24) is 20.2 Å². The zero-order chi connectivity index (χ0) is 26.8. The first-order chi connectivity index (χ1) is 18.3. The van der Waals surface area contributed by atoms with Gasteiger partial charge in [0.15, 0.2) is 0 Å². The predicted octanol–water partition coefficient (Wildman–Crippen LogP) is 4.16. The van der Waals surface area contributed by atoms with Gasteiger partial charge in [0, 0.05) is 49.4 Å². The third-order valence-corrected chi connectivity index (χ3v) is 7.81. The first-order valence-corrected chi connectivity index (χ1v) is 13.2. The number of nitrogens with one attached hydrogen (secondary N) is 1. The Labute approximate surface area is 226 Å². The van der Waals surface area contributed by atoms with Gasteiger partial charge in [-0.2, -0.15) is 9.97 Å². The molecule has 0 bridgehead atoms. The molecular weight excluding hydrogens is 511 g/mol. The van der Waals surface area contributed by atoms with E-state index in [4.69, 9.17) is 31.4 Å². The highest BCUT2D eigenvalue weighted by Gasteiger charge is 2.27. The summed E-state index contributed by atoms with van der Waals surface area (Å²) in [6.45, 7) is 3.41.